The van der Waals surface area contributed by atoms with E-state index >= 15 is 0 Å². The van der Waals surface area contributed by atoms with E-state index in [0.717, 1.165) is 37.2 Å². The maximum absolute atomic E-state index is 12.7. The third kappa shape index (κ3) is 3.42. The fraction of sp³-hybridized carbons (Fsp3) is 0.706. The number of aromatic nitrogens is 1. The molecular weight excluding hydrogens is 310 g/mol. The SMILES string of the molecule is O=C(N[C@H](c1nccs1)C1CC1)[C@H]1CCCN(C(=O)C2CC2)C1. The fourth-order valence-electron chi connectivity index (χ4n) is 3.45. The average molecular weight is 333 g/mol. The van der Waals surface area contributed by atoms with E-state index in [9.17, 15) is 9.59 Å². The standard InChI is InChI=1S/C17H23N3O2S/c21-15(19-14(11-3-4-11)16-18-7-9-23-16)13-2-1-8-20(10-13)17(22)12-5-6-12/h7,9,11-14H,1-6,8,10H2,(H,19,21)/t13-,14-/m0/s1. The lowest BCUT2D eigenvalue weighted by Crippen LogP contribution is -2.46. The minimum absolute atomic E-state index is 0.0623. The van der Waals surface area contributed by atoms with Gasteiger partial charge in [0.25, 0.3) is 0 Å². The van der Waals surface area contributed by atoms with E-state index in [0.29, 0.717) is 12.5 Å². The molecule has 1 aliphatic heterocycles. The summed E-state index contributed by atoms with van der Waals surface area (Å²) >= 11 is 1.62. The van der Waals surface area contributed by atoms with Crippen LogP contribution >= 0.6 is 11.3 Å². The lowest BCUT2D eigenvalue weighted by atomic mass is 9.96. The Morgan fingerprint density at radius 1 is 1.22 bits per heavy atom. The molecule has 1 saturated heterocycles. The summed E-state index contributed by atoms with van der Waals surface area (Å²) in [6.45, 7) is 1.41. The second-order valence-electron chi connectivity index (χ2n) is 7.09. The summed E-state index contributed by atoms with van der Waals surface area (Å²) in [4.78, 5) is 31.3. The Morgan fingerprint density at radius 3 is 2.70 bits per heavy atom. The maximum Gasteiger partial charge on any atom is 0.225 e. The zero-order chi connectivity index (χ0) is 15.8. The highest BCUT2D eigenvalue weighted by Gasteiger charge is 2.39. The van der Waals surface area contributed by atoms with Gasteiger partial charge in [0.15, 0.2) is 0 Å². The van der Waals surface area contributed by atoms with Gasteiger partial charge in [-0.25, -0.2) is 4.98 Å². The molecule has 0 radical (unpaired) electrons. The molecule has 2 amide bonds. The average Bonchev–Trinajstić information content (AvgIpc) is 3.50. The number of nitrogens with zero attached hydrogens (tertiary/aromatic N) is 2. The molecule has 3 fully saturated rings. The van der Waals surface area contributed by atoms with Crippen LogP contribution in [-0.2, 0) is 9.59 Å². The fourth-order valence-corrected chi connectivity index (χ4v) is 4.23. The summed E-state index contributed by atoms with van der Waals surface area (Å²) in [6, 6.07) is 0.0667. The Labute approximate surface area is 140 Å². The summed E-state index contributed by atoms with van der Waals surface area (Å²) in [6.07, 6.45) is 8.01. The lowest BCUT2D eigenvalue weighted by Gasteiger charge is -2.33. The number of piperidine rings is 1. The van der Waals surface area contributed by atoms with Crippen molar-refractivity contribution >= 4 is 23.2 Å². The number of hydrogen-bond acceptors (Lipinski definition) is 4. The van der Waals surface area contributed by atoms with E-state index in [-0.39, 0.29) is 29.7 Å². The van der Waals surface area contributed by atoms with Gasteiger partial charge in [-0.1, -0.05) is 0 Å². The molecule has 0 aromatic carbocycles. The van der Waals surface area contributed by atoms with Gasteiger partial charge >= 0.3 is 0 Å². The molecule has 2 aliphatic carbocycles. The number of nitrogens with one attached hydrogen (secondary N) is 1. The van der Waals surface area contributed by atoms with Crippen LogP contribution in [0.5, 0.6) is 0 Å². The largest absolute Gasteiger partial charge is 0.346 e. The molecule has 2 saturated carbocycles. The van der Waals surface area contributed by atoms with Crippen LogP contribution < -0.4 is 5.32 Å². The van der Waals surface area contributed by atoms with Crippen molar-refractivity contribution in [3.63, 3.8) is 0 Å². The van der Waals surface area contributed by atoms with Gasteiger partial charge in [0.1, 0.15) is 5.01 Å². The van der Waals surface area contributed by atoms with E-state index < -0.39 is 0 Å². The predicted molar refractivity (Wildman–Crippen MR) is 87.7 cm³/mol. The van der Waals surface area contributed by atoms with Crippen LogP contribution in [0.3, 0.4) is 0 Å². The van der Waals surface area contributed by atoms with Crippen molar-refractivity contribution in [2.45, 2.75) is 44.6 Å². The summed E-state index contributed by atoms with van der Waals surface area (Å²) in [7, 11) is 0. The molecule has 0 spiro atoms. The highest BCUT2D eigenvalue weighted by Crippen LogP contribution is 2.42. The summed E-state index contributed by atoms with van der Waals surface area (Å²) in [5.74, 6) is 1.09. The van der Waals surface area contributed by atoms with Crippen molar-refractivity contribution in [1.29, 1.82) is 0 Å². The molecule has 3 aliphatic rings. The number of thiazole rings is 1. The second kappa shape index (κ2) is 6.23. The molecule has 23 heavy (non-hydrogen) atoms. The van der Waals surface area contributed by atoms with Gasteiger partial charge < -0.3 is 10.2 Å². The minimum Gasteiger partial charge on any atom is -0.346 e. The topological polar surface area (TPSA) is 62.3 Å². The van der Waals surface area contributed by atoms with Crippen molar-refractivity contribution < 1.29 is 9.59 Å². The normalized spacial score (nSPS) is 25.9. The van der Waals surface area contributed by atoms with Crippen LogP contribution in [0.2, 0.25) is 0 Å². The first-order chi connectivity index (χ1) is 11.2. The molecule has 1 aromatic rings. The summed E-state index contributed by atoms with van der Waals surface area (Å²) < 4.78 is 0. The van der Waals surface area contributed by atoms with Gasteiger partial charge in [-0.05, 0) is 44.4 Å². The van der Waals surface area contributed by atoms with Crippen molar-refractivity contribution in [3.05, 3.63) is 16.6 Å². The third-order valence-corrected chi connectivity index (χ3v) is 6.00. The zero-order valence-electron chi connectivity index (χ0n) is 13.2. The quantitative estimate of drug-likeness (QED) is 0.900. The first-order valence-electron chi connectivity index (χ1n) is 8.71. The molecule has 0 unspecified atom stereocenters. The second-order valence-corrected chi connectivity index (χ2v) is 8.02. The number of carbonyl (C=O) groups excluding carboxylic acids is 2. The zero-order valence-corrected chi connectivity index (χ0v) is 14.1. The predicted octanol–water partition coefficient (Wildman–Crippen LogP) is 2.36. The van der Waals surface area contributed by atoms with Crippen LogP contribution in [0.1, 0.15) is 49.6 Å². The Bertz CT molecular complexity index is 581. The molecule has 1 aromatic heterocycles. The lowest BCUT2D eigenvalue weighted by molar-refractivity contribution is -0.137. The van der Waals surface area contributed by atoms with E-state index in [1.807, 2.05) is 10.3 Å². The molecule has 2 atom stereocenters. The first kappa shape index (κ1) is 15.1. The van der Waals surface area contributed by atoms with Crippen molar-refractivity contribution in [2.24, 2.45) is 17.8 Å². The number of hydrogen-bond donors (Lipinski definition) is 1. The number of rotatable bonds is 5. The van der Waals surface area contributed by atoms with Crippen molar-refractivity contribution in [1.82, 2.24) is 15.2 Å². The molecule has 1 N–H and O–H groups in total. The number of carbonyl (C=O) groups is 2. The number of amides is 2. The number of likely N-dealkylation sites (tertiary alicyclic amines) is 1. The Balaban J connectivity index is 1.38. The van der Waals surface area contributed by atoms with E-state index in [1.165, 1.54) is 12.8 Å². The van der Waals surface area contributed by atoms with Gasteiger partial charge in [0.2, 0.25) is 11.8 Å². The van der Waals surface area contributed by atoms with Crippen molar-refractivity contribution in [3.8, 4) is 0 Å². The van der Waals surface area contributed by atoms with Crippen LogP contribution in [0.15, 0.2) is 11.6 Å². The Kier molecular flexibility index (Phi) is 4.09. The van der Waals surface area contributed by atoms with Crippen LogP contribution in [-0.4, -0.2) is 34.8 Å². The van der Waals surface area contributed by atoms with E-state index in [2.05, 4.69) is 10.3 Å². The van der Waals surface area contributed by atoms with Crippen LogP contribution in [0.4, 0.5) is 0 Å². The van der Waals surface area contributed by atoms with Gasteiger partial charge in [-0.15, -0.1) is 11.3 Å². The van der Waals surface area contributed by atoms with Gasteiger partial charge in [0.05, 0.1) is 12.0 Å². The van der Waals surface area contributed by atoms with E-state index in [4.69, 9.17) is 0 Å². The maximum atomic E-state index is 12.7. The van der Waals surface area contributed by atoms with Gasteiger partial charge in [0, 0.05) is 30.6 Å². The van der Waals surface area contributed by atoms with Crippen LogP contribution in [0, 0.1) is 17.8 Å². The first-order valence-corrected chi connectivity index (χ1v) is 9.59. The molecule has 124 valence electrons. The third-order valence-electron chi connectivity index (χ3n) is 5.14. The van der Waals surface area contributed by atoms with Gasteiger partial charge in [-0.2, -0.15) is 0 Å². The molecule has 4 rings (SSSR count). The minimum atomic E-state index is -0.0623. The molecular formula is C17H23N3O2S. The molecule has 6 heteroatoms. The van der Waals surface area contributed by atoms with E-state index in [1.54, 1.807) is 17.5 Å². The van der Waals surface area contributed by atoms with Gasteiger partial charge in [-0.3, -0.25) is 9.59 Å². The van der Waals surface area contributed by atoms with Crippen LogP contribution in [0.25, 0.3) is 0 Å². The Morgan fingerprint density at radius 2 is 2.04 bits per heavy atom. The summed E-state index contributed by atoms with van der Waals surface area (Å²) in [5, 5.41) is 6.21. The Hall–Kier alpha value is -1.43. The highest BCUT2D eigenvalue weighted by molar-refractivity contribution is 7.09. The molecule has 0 bridgehead atoms. The summed E-state index contributed by atoms with van der Waals surface area (Å²) in [5.41, 5.74) is 0. The van der Waals surface area contributed by atoms with Crippen molar-refractivity contribution in [2.75, 3.05) is 13.1 Å². The monoisotopic (exact) mass is 333 g/mol. The molecule has 2 heterocycles. The highest BCUT2D eigenvalue weighted by atomic mass is 32.1. The molecule has 5 nitrogen and oxygen atoms in total. The smallest absolute Gasteiger partial charge is 0.225 e.